The van der Waals surface area contributed by atoms with E-state index in [-0.39, 0.29) is 11.3 Å². The van der Waals surface area contributed by atoms with Crippen LogP contribution in [0.5, 0.6) is 0 Å². The molecule has 0 aromatic heterocycles. The lowest BCUT2D eigenvalue weighted by Crippen LogP contribution is -2.23. The van der Waals surface area contributed by atoms with Crippen LogP contribution in [-0.2, 0) is 0 Å². The molecule has 0 aliphatic heterocycles. The van der Waals surface area contributed by atoms with Gasteiger partial charge in [-0.2, -0.15) is 0 Å². The number of anilines is 2. The van der Waals surface area contributed by atoms with E-state index in [2.05, 4.69) is 56.7 Å². The molecular formula is C28H30Cl2N2. The first-order valence-electron chi connectivity index (χ1n) is 10.6. The molecule has 0 radical (unpaired) electrons. The number of nitrogens with one attached hydrogen (secondary N) is 2. The van der Waals surface area contributed by atoms with Gasteiger partial charge in [-0.1, -0.05) is 87.5 Å². The van der Waals surface area contributed by atoms with Crippen LogP contribution in [0.1, 0.15) is 43.4 Å². The zero-order valence-electron chi connectivity index (χ0n) is 19.1. The van der Waals surface area contributed by atoms with Gasteiger partial charge in [-0.15, -0.1) is 0 Å². The Hall–Kier alpha value is -2.68. The first kappa shape index (κ1) is 24.0. The first-order valence-corrected chi connectivity index (χ1v) is 11.3. The molecule has 0 saturated carbocycles. The average Bonchev–Trinajstić information content (AvgIpc) is 2.70. The lowest BCUT2D eigenvalue weighted by molar-refractivity contribution is 0.356. The van der Waals surface area contributed by atoms with Crippen molar-refractivity contribution in [1.29, 1.82) is 0 Å². The molecule has 2 nitrogen and oxygen atoms in total. The van der Waals surface area contributed by atoms with Crippen LogP contribution in [0.3, 0.4) is 0 Å². The summed E-state index contributed by atoms with van der Waals surface area (Å²) in [5.41, 5.74) is 6.49. The Morgan fingerprint density at radius 2 is 1.53 bits per heavy atom. The highest BCUT2D eigenvalue weighted by Gasteiger charge is 2.29. The van der Waals surface area contributed by atoms with Gasteiger partial charge in [0.15, 0.2) is 0 Å². The largest absolute Gasteiger partial charge is 0.359 e. The number of hydrogen-bond acceptors (Lipinski definition) is 2. The van der Waals surface area contributed by atoms with Crippen molar-refractivity contribution in [2.24, 2.45) is 5.41 Å². The van der Waals surface area contributed by atoms with Crippen LogP contribution >= 0.6 is 23.2 Å². The SMILES string of the molecule is C=C(Nc1ccccc1)c1cc(NC(=C)C(c2cccc(Cl)c2)C(C)(C)C)cc(Cl)c1C. The molecule has 32 heavy (non-hydrogen) atoms. The van der Waals surface area contributed by atoms with E-state index in [0.29, 0.717) is 10.0 Å². The number of para-hydroxylation sites is 1. The van der Waals surface area contributed by atoms with Gasteiger partial charge in [0.05, 0.1) is 0 Å². The van der Waals surface area contributed by atoms with Gasteiger partial charge in [-0.3, -0.25) is 0 Å². The Bertz CT molecular complexity index is 1130. The summed E-state index contributed by atoms with van der Waals surface area (Å²) in [7, 11) is 0. The minimum atomic E-state index is -0.0649. The van der Waals surface area contributed by atoms with Crippen molar-refractivity contribution in [2.45, 2.75) is 33.6 Å². The standard InChI is InChI=1S/C28H30Cl2N2/c1-18-25(19(2)31-23-13-8-7-9-14-23)16-24(17-26(18)30)32-20(3)27(28(4,5)6)21-11-10-12-22(29)15-21/h7-17,27,31-32H,2-3H2,1,4-6H3. The second kappa shape index (κ2) is 9.85. The quantitative estimate of drug-likeness (QED) is 0.364. The monoisotopic (exact) mass is 464 g/mol. The van der Waals surface area contributed by atoms with E-state index in [0.717, 1.165) is 39.5 Å². The van der Waals surface area contributed by atoms with Crippen molar-refractivity contribution in [1.82, 2.24) is 0 Å². The maximum Gasteiger partial charge on any atom is 0.0462 e. The maximum absolute atomic E-state index is 6.60. The minimum Gasteiger partial charge on any atom is -0.359 e. The first-order chi connectivity index (χ1) is 15.1. The van der Waals surface area contributed by atoms with Crippen LogP contribution in [0.4, 0.5) is 11.4 Å². The molecule has 0 fully saturated rings. The summed E-state index contributed by atoms with van der Waals surface area (Å²) in [6, 6.07) is 21.9. The molecule has 0 heterocycles. The van der Waals surface area contributed by atoms with Crippen LogP contribution in [0.25, 0.3) is 5.70 Å². The normalized spacial score (nSPS) is 12.2. The molecule has 3 aromatic carbocycles. The summed E-state index contributed by atoms with van der Waals surface area (Å²) in [6.07, 6.45) is 0. The third kappa shape index (κ3) is 5.76. The molecule has 3 rings (SSSR count). The van der Waals surface area contributed by atoms with Crippen LogP contribution in [0, 0.1) is 12.3 Å². The Kier molecular flexibility index (Phi) is 7.38. The zero-order valence-corrected chi connectivity index (χ0v) is 20.6. The molecule has 0 saturated heterocycles. The Morgan fingerprint density at radius 1 is 0.844 bits per heavy atom. The Balaban J connectivity index is 1.90. The van der Waals surface area contributed by atoms with Crippen LogP contribution in [0.15, 0.2) is 85.6 Å². The molecular weight excluding hydrogens is 435 g/mol. The lowest BCUT2D eigenvalue weighted by Gasteiger charge is -2.33. The van der Waals surface area contributed by atoms with Crippen molar-refractivity contribution >= 4 is 40.3 Å². The smallest absolute Gasteiger partial charge is 0.0462 e. The second-order valence-electron chi connectivity index (χ2n) is 9.10. The fourth-order valence-corrected chi connectivity index (χ4v) is 4.41. The van der Waals surface area contributed by atoms with Gasteiger partial charge in [-0.05, 0) is 59.9 Å². The van der Waals surface area contributed by atoms with E-state index in [1.54, 1.807) is 0 Å². The van der Waals surface area contributed by atoms with Crippen molar-refractivity contribution < 1.29 is 0 Å². The summed E-state index contributed by atoms with van der Waals surface area (Å²) in [5.74, 6) is 0.0513. The van der Waals surface area contributed by atoms with E-state index in [9.17, 15) is 0 Å². The predicted molar refractivity (Wildman–Crippen MR) is 142 cm³/mol. The highest BCUT2D eigenvalue weighted by molar-refractivity contribution is 6.32. The second-order valence-corrected chi connectivity index (χ2v) is 9.95. The number of hydrogen-bond donors (Lipinski definition) is 2. The Labute approximate surface area is 202 Å². The minimum absolute atomic E-state index is 0.0513. The number of benzene rings is 3. The molecule has 0 aliphatic rings. The summed E-state index contributed by atoms with van der Waals surface area (Å²) in [6.45, 7) is 17.2. The molecule has 1 atom stereocenters. The molecule has 0 spiro atoms. The van der Waals surface area contributed by atoms with Crippen molar-refractivity contribution in [3.8, 4) is 0 Å². The molecule has 166 valence electrons. The molecule has 0 bridgehead atoms. The van der Waals surface area contributed by atoms with Crippen molar-refractivity contribution in [3.63, 3.8) is 0 Å². The zero-order chi connectivity index (χ0) is 23.5. The van der Waals surface area contributed by atoms with Crippen molar-refractivity contribution in [2.75, 3.05) is 10.6 Å². The van der Waals surface area contributed by atoms with Crippen LogP contribution in [-0.4, -0.2) is 0 Å². The van der Waals surface area contributed by atoms with E-state index in [4.69, 9.17) is 23.2 Å². The molecule has 2 N–H and O–H groups in total. The Morgan fingerprint density at radius 3 is 2.16 bits per heavy atom. The highest BCUT2D eigenvalue weighted by atomic mass is 35.5. The van der Waals surface area contributed by atoms with Gasteiger partial charge < -0.3 is 10.6 Å². The molecule has 0 aliphatic carbocycles. The summed E-state index contributed by atoms with van der Waals surface area (Å²) >= 11 is 12.9. The van der Waals surface area contributed by atoms with Gasteiger partial charge in [0, 0.05) is 44.3 Å². The lowest BCUT2D eigenvalue weighted by atomic mass is 9.74. The van der Waals surface area contributed by atoms with Crippen LogP contribution in [0.2, 0.25) is 10.0 Å². The van der Waals surface area contributed by atoms with Gasteiger partial charge in [-0.25, -0.2) is 0 Å². The van der Waals surface area contributed by atoms with Gasteiger partial charge in [0.1, 0.15) is 0 Å². The number of halogens is 2. The van der Waals surface area contributed by atoms with Crippen molar-refractivity contribution in [3.05, 3.63) is 112 Å². The van der Waals surface area contributed by atoms with E-state index in [1.165, 1.54) is 0 Å². The van der Waals surface area contributed by atoms with E-state index >= 15 is 0 Å². The maximum atomic E-state index is 6.60. The summed E-state index contributed by atoms with van der Waals surface area (Å²) in [4.78, 5) is 0. The van der Waals surface area contributed by atoms with Gasteiger partial charge >= 0.3 is 0 Å². The summed E-state index contributed by atoms with van der Waals surface area (Å²) in [5, 5.41) is 8.26. The van der Waals surface area contributed by atoms with E-state index < -0.39 is 0 Å². The third-order valence-electron chi connectivity index (χ3n) is 5.44. The number of allylic oxidation sites excluding steroid dienone is 1. The van der Waals surface area contributed by atoms with Gasteiger partial charge in [0.25, 0.3) is 0 Å². The number of rotatable bonds is 7. The third-order valence-corrected chi connectivity index (χ3v) is 6.07. The van der Waals surface area contributed by atoms with E-state index in [1.807, 2.05) is 61.5 Å². The highest BCUT2D eigenvalue weighted by Crippen LogP contribution is 2.41. The van der Waals surface area contributed by atoms with Crippen LogP contribution < -0.4 is 10.6 Å². The summed E-state index contributed by atoms with van der Waals surface area (Å²) < 4.78 is 0. The molecule has 0 amide bonds. The predicted octanol–water partition coefficient (Wildman–Crippen LogP) is 9.14. The average molecular weight is 465 g/mol. The molecule has 4 heteroatoms. The topological polar surface area (TPSA) is 24.1 Å². The fourth-order valence-electron chi connectivity index (χ4n) is 4.00. The fraction of sp³-hybridized carbons (Fsp3) is 0.214. The molecule has 1 unspecified atom stereocenters. The molecule has 3 aromatic rings. The van der Waals surface area contributed by atoms with Gasteiger partial charge in [0.2, 0.25) is 0 Å².